The molecule has 1 heterocycles. The molecule has 1 N–H and O–H groups in total. The Balaban J connectivity index is 1.94. The van der Waals surface area contributed by atoms with Crippen molar-refractivity contribution in [1.29, 1.82) is 0 Å². The molecular weight excluding hydrogens is 262 g/mol. The number of rotatable bonds is 7. The van der Waals surface area contributed by atoms with Gasteiger partial charge in [-0.25, -0.2) is 0 Å². The lowest BCUT2D eigenvalue weighted by molar-refractivity contribution is 0.263. The largest absolute Gasteiger partial charge is 0.485 e. The molecular formula is C18H25NO2. The first-order chi connectivity index (χ1) is 10.1. The smallest absolute Gasteiger partial charge is 0.146 e. The summed E-state index contributed by atoms with van der Waals surface area (Å²) >= 11 is 0. The van der Waals surface area contributed by atoms with Crippen molar-refractivity contribution in [1.82, 2.24) is 5.32 Å². The molecule has 0 spiro atoms. The van der Waals surface area contributed by atoms with E-state index in [4.69, 9.17) is 9.15 Å². The quantitative estimate of drug-likeness (QED) is 0.772. The van der Waals surface area contributed by atoms with E-state index in [0.717, 1.165) is 36.8 Å². The second-order valence-electron chi connectivity index (χ2n) is 5.54. The third-order valence-electron chi connectivity index (χ3n) is 3.58. The van der Waals surface area contributed by atoms with Crippen LogP contribution in [-0.4, -0.2) is 6.54 Å². The SMILES string of the molecule is CCCNCc1ccc(COc2cc(C)cc(C)c2C)o1. The first-order valence-electron chi connectivity index (χ1n) is 7.59. The van der Waals surface area contributed by atoms with Crippen LogP contribution in [0.3, 0.4) is 0 Å². The molecule has 114 valence electrons. The summed E-state index contributed by atoms with van der Waals surface area (Å²) < 4.78 is 11.7. The van der Waals surface area contributed by atoms with Crippen molar-refractivity contribution in [3.63, 3.8) is 0 Å². The maximum absolute atomic E-state index is 5.91. The van der Waals surface area contributed by atoms with E-state index in [-0.39, 0.29) is 0 Å². The first kappa shape index (κ1) is 15.6. The van der Waals surface area contributed by atoms with Gasteiger partial charge in [-0.15, -0.1) is 0 Å². The van der Waals surface area contributed by atoms with E-state index in [0.29, 0.717) is 6.61 Å². The van der Waals surface area contributed by atoms with Gasteiger partial charge in [-0.1, -0.05) is 13.0 Å². The Morgan fingerprint density at radius 1 is 1.10 bits per heavy atom. The Labute approximate surface area is 127 Å². The summed E-state index contributed by atoms with van der Waals surface area (Å²) in [4.78, 5) is 0. The van der Waals surface area contributed by atoms with Crippen molar-refractivity contribution in [2.24, 2.45) is 0 Å². The molecule has 0 aliphatic heterocycles. The minimum atomic E-state index is 0.470. The Morgan fingerprint density at radius 2 is 1.86 bits per heavy atom. The number of aryl methyl sites for hydroxylation is 2. The Kier molecular flexibility index (Phi) is 5.45. The highest BCUT2D eigenvalue weighted by Crippen LogP contribution is 2.24. The standard InChI is InChI=1S/C18H25NO2/c1-5-8-19-11-16-6-7-17(21-16)12-20-18-10-13(2)9-14(3)15(18)4/h6-7,9-10,19H,5,8,11-12H2,1-4H3. The molecule has 0 bridgehead atoms. The average molecular weight is 287 g/mol. The molecule has 21 heavy (non-hydrogen) atoms. The third kappa shape index (κ3) is 4.36. The van der Waals surface area contributed by atoms with Crippen molar-refractivity contribution in [2.75, 3.05) is 6.54 Å². The van der Waals surface area contributed by atoms with E-state index < -0.39 is 0 Å². The fourth-order valence-corrected chi connectivity index (χ4v) is 2.28. The zero-order valence-corrected chi connectivity index (χ0v) is 13.5. The van der Waals surface area contributed by atoms with Crippen molar-refractivity contribution in [3.05, 3.63) is 52.5 Å². The van der Waals surface area contributed by atoms with E-state index >= 15 is 0 Å². The summed E-state index contributed by atoms with van der Waals surface area (Å²) in [6, 6.07) is 8.25. The van der Waals surface area contributed by atoms with Crippen LogP contribution in [0.2, 0.25) is 0 Å². The number of ether oxygens (including phenoxy) is 1. The highest BCUT2D eigenvalue weighted by molar-refractivity contribution is 5.41. The molecule has 0 saturated carbocycles. The van der Waals surface area contributed by atoms with Crippen LogP contribution in [-0.2, 0) is 13.2 Å². The van der Waals surface area contributed by atoms with Crippen LogP contribution in [0.15, 0.2) is 28.7 Å². The highest BCUT2D eigenvalue weighted by atomic mass is 16.5. The molecule has 0 amide bonds. The predicted molar refractivity (Wildman–Crippen MR) is 85.7 cm³/mol. The molecule has 0 fully saturated rings. The molecule has 3 nitrogen and oxygen atoms in total. The number of hydrogen-bond donors (Lipinski definition) is 1. The fraction of sp³-hybridized carbons (Fsp3) is 0.444. The summed E-state index contributed by atoms with van der Waals surface area (Å²) in [6.07, 6.45) is 1.13. The van der Waals surface area contributed by atoms with Crippen LogP contribution in [0.1, 0.15) is 41.6 Å². The van der Waals surface area contributed by atoms with E-state index in [1.807, 2.05) is 12.1 Å². The van der Waals surface area contributed by atoms with Crippen LogP contribution in [0.5, 0.6) is 5.75 Å². The summed E-state index contributed by atoms with van der Waals surface area (Å²) in [6.45, 7) is 10.7. The summed E-state index contributed by atoms with van der Waals surface area (Å²) in [5.41, 5.74) is 3.67. The highest BCUT2D eigenvalue weighted by Gasteiger charge is 2.07. The van der Waals surface area contributed by atoms with Gasteiger partial charge in [0.2, 0.25) is 0 Å². The summed E-state index contributed by atoms with van der Waals surface area (Å²) in [5.74, 6) is 2.76. The van der Waals surface area contributed by atoms with Crippen molar-refractivity contribution in [3.8, 4) is 5.75 Å². The molecule has 0 unspecified atom stereocenters. The molecule has 0 atom stereocenters. The summed E-state index contributed by atoms with van der Waals surface area (Å²) in [5, 5.41) is 3.33. The number of benzene rings is 1. The van der Waals surface area contributed by atoms with Gasteiger partial charge in [-0.2, -0.15) is 0 Å². The third-order valence-corrected chi connectivity index (χ3v) is 3.58. The molecule has 1 aromatic heterocycles. The van der Waals surface area contributed by atoms with E-state index in [9.17, 15) is 0 Å². The Morgan fingerprint density at radius 3 is 2.62 bits per heavy atom. The Hall–Kier alpha value is -1.74. The van der Waals surface area contributed by atoms with Crippen LogP contribution >= 0.6 is 0 Å². The van der Waals surface area contributed by atoms with Crippen LogP contribution in [0.4, 0.5) is 0 Å². The minimum Gasteiger partial charge on any atom is -0.485 e. The van der Waals surface area contributed by atoms with Gasteiger partial charge >= 0.3 is 0 Å². The predicted octanol–water partition coefficient (Wildman–Crippen LogP) is 4.28. The van der Waals surface area contributed by atoms with E-state index in [2.05, 4.69) is 45.1 Å². The number of furan rings is 1. The zero-order valence-electron chi connectivity index (χ0n) is 13.5. The van der Waals surface area contributed by atoms with Gasteiger partial charge in [0.1, 0.15) is 23.9 Å². The van der Waals surface area contributed by atoms with Gasteiger partial charge in [-0.05, 0) is 68.6 Å². The lowest BCUT2D eigenvalue weighted by atomic mass is 10.1. The number of nitrogens with one attached hydrogen (secondary N) is 1. The van der Waals surface area contributed by atoms with E-state index in [1.54, 1.807) is 0 Å². The molecule has 0 saturated heterocycles. The molecule has 3 heteroatoms. The monoisotopic (exact) mass is 287 g/mol. The zero-order chi connectivity index (χ0) is 15.2. The lowest BCUT2D eigenvalue weighted by Crippen LogP contribution is -2.13. The summed E-state index contributed by atoms with van der Waals surface area (Å²) in [7, 11) is 0. The second kappa shape index (κ2) is 7.32. The second-order valence-corrected chi connectivity index (χ2v) is 5.54. The van der Waals surface area contributed by atoms with Crippen molar-refractivity contribution < 1.29 is 9.15 Å². The van der Waals surface area contributed by atoms with Crippen LogP contribution in [0, 0.1) is 20.8 Å². The van der Waals surface area contributed by atoms with Gasteiger partial charge in [0.25, 0.3) is 0 Å². The lowest BCUT2D eigenvalue weighted by Gasteiger charge is -2.11. The van der Waals surface area contributed by atoms with Crippen LogP contribution in [0.25, 0.3) is 0 Å². The average Bonchev–Trinajstić information content (AvgIpc) is 2.89. The fourth-order valence-electron chi connectivity index (χ4n) is 2.28. The van der Waals surface area contributed by atoms with Gasteiger partial charge in [0, 0.05) is 0 Å². The molecule has 0 aliphatic carbocycles. The Bertz CT molecular complexity index is 587. The first-order valence-corrected chi connectivity index (χ1v) is 7.59. The van der Waals surface area contributed by atoms with Crippen molar-refractivity contribution in [2.45, 2.75) is 47.3 Å². The van der Waals surface area contributed by atoms with Gasteiger partial charge < -0.3 is 14.5 Å². The van der Waals surface area contributed by atoms with E-state index in [1.165, 1.54) is 16.7 Å². The molecule has 2 aromatic rings. The maximum Gasteiger partial charge on any atom is 0.146 e. The molecule has 0 radical (unpaired) electrons. The molecule has 2 rings (SSSR count). The van der Waals surface area contributed by atoms with Gasteiger partial charge in [0.05, 0.1) is 6.54 Å². The number of hydrogen-bond acceptors (Lipinski definition) is 3. The van der Waals surface area contributed by atoms with Gasteiger partial charge in [0.15, 0.2) is 0 Å². The van der Waals surface area contributed by atoms with Crippen LogP contribution < -0.4 is 10.1 Å². The minimum absolute atomic E-state index is 0.470. The molecule has 1 aromatic carbocycles. The van der Waals surface area contributed by atoms with Gasteiger partial charge in [-0.3, -0.25) is 0 Å². The maximum atomic E-state index is 5.91. The van der Waals surface area contributed by atoms with Crippen molar-refractivity contribution >= 4 is 0 Å². The topological polar surface area (TPSA) is 34.4 Å². The normalized spacial score (nSPS) is 10.9. The molecule has 0 aliphatic rings.